The number of nitrogens with one attached hydrogen (secondary N) is 1. The second-order valence-electron chi connectivity index (χ2n) is 7.69. The molecule has 1 N–H and O–H groups in total. The lowest BCUT2D eigenvalue weighted by Gasteiger charge is -2.35. The highest BCUT2D eigenvalue weighted by Crippen LogP contribution is 2.30. The van der Waals surface area contributed by atoms with Gasteiger partial charge in [0.1, 0.15) is 11.8 Å². The number of anilines is 1. The van der Waals surface area contributed by atoms with Crippen LogP contribution in [0, 0.1) is 0 Å². The first-order valence-electron chi connectivity index (χ1n) is 10.4. The summed E-state index contributed by atoms with van der Waals surface area (Å²) in [6.45, 7) is 2.08. The number of hydrogen-bond donors (Lipinski definition) is 1. The third kappa shape index (κ3) is 5.33. The monoisotopic (exact) mass is 482 g/mol. The van der Waals surface area contributed by atoms with Gasteiger partial charge in [0.05, 0.1) is 5.56 Å². The van der Waals surface area contributed by atoms with Gasteiger partial charge in [0.25, 0.3) is 17.7 Å². The molecule has 2 aliphatic rings. The van der Waals surface area contributed by atoms with Gasteiger partial charge in [0.15, 0.2) is 5.13 Å². The van der Waals surface area contributed by atoms with Crippen LogP contribution in [-0.2, 0) is 15.7 Å². The Bertz CT molecular complexity index is 1040. The third-order valence-corrected chi connectivity index (χ3v) is 6.24. The van der Waals surface area contributed by atoms with Gasteiger partial charge < -0.3 is 14.5 Å². The number of alkyl halides is 3. The molecule has 33 heavy (non-hydrogen) atoms. The largest absolute Gasteiger partial charge is 0.416 e. The molecule has 2 saturated heterocycles. The van der Waals surface area contributed by atoms with Crippen LogP contribution in [0.3, 0.4) is 0 Å². The highest BCUT2D eigenvalue weighted by Gasteiger charge is 2.33. The zero-order valence-corrected chi connectivity index (χ0v) is 18.2. The van der Waals surface area contributed by atoms with E-state index in [1.165, 1.54) is 11.4 Å². The van der Waals surface area contributed by atoms with Gasteiger partial charge in [0, 0.05) is 43.7 Å². The molecule has 3 heterocycles. The van der Waals surface area contributed by atoms with Crippen molar-refractivity contribution in [3.8, 4) is 0 Å². The van der Waals surface area contributed by atoms with Crippen molar-refractivity contribution < 1.29 is 32.3 Å². The maximum absolute atomic E-state index is 12.9. The van der Waals surface area contributed by atoms with E-state index in [0.29, 0.717) is 39.2 Å². The van der Waals surface area contributed by atoms with Gasteiger partial charge in [-0.05, 0) is 31.0 Å². The van der Waals surface area contributed by atoms with Gasteiger partial charge in [-0.25, -0.2) is 4.98 Å². The van der Waals surface area contributed by atoms with Crippen LogP contribution in [0.2, 0.25) is 0 Å². The topological polar surface area (TPSA) is 91.8 Å². The summed E-state index contributed by atoms with van der Waals surface area (Å²) in [5.74, 6) is -1.14. The van der Waals surface area contributed by atoms with Crippen LogP contribution in [0.4, 0.5) is 18.3 Å². The summed E-state index contributed by atoms with van der Waals surface area (Å²) in [5, 5.41) is 4.02. The van der Waals surface area contributed by atoms with Crippen molar-refractivity contribution in [3.05, 3.63) is 46.5 Å². The SMILES string of the molecule is O=C(Nc1nc(C(=O)N2CCN(C(=O)[C@@H]3CCCO3)CC2)cs1)c1cccc(C(F)(F)F)c1. The van der Waals surface area contributed by atoms with Crippen molar-refractivity contribution in [3.63, 3.8) is 0 Å². The summed E-state index contributed by atoms with van der Waals surface area (Å²) in [6, 6.07) is 4.05. The van der Waals surface area contributed by atoms with Gasteiger partial charge in [0.2, 0.25) is 0 Å². The molecule has 0 saturated carbocycles. The Morgan fingerprint density at radius 2 is 1.85 bits per heavy atom. The van der Waals surface area contributed by atoms with Crippen molar-refractivity contribution in [1.29, 1.82) is 0 Å². The number of ether oxygens (including phenoxy) is 1. The highest BCUT2D eigenvalue weighted by molar-refractivity contribution is 7.14. The van der Waals surface area contributed by atoms with Crippen LogP contribution in [0.15, 0.2) is 29.6 Å². The second-order valence-corrected chi connectivity index (χ2v) is 8.55. The van der Waals surface area contributed by atoms with E-state index in [1.807, 2.05) is 0 Å². The molecule has 4 rings (SSSR count). The number of carbonyl (C=O) groups excluding carboxylic acids is 3. The quantitative estimate of drug-likeness (QED) is 0.724. The fourth-order valence-corrected chi connectivity index (χ4v) is 4.38. The predicted molar refractivity (Wildman–Crippen MR) is 113 cm³/mol. The van der Waals surface area contributed by atoms with Crippen molar-refractivity contribution in [2.45, 2.75) is 25.1 Å². The van der Waals surface area contributed by atoms with Gasteiger partial charge in [-0.15, -0.1) is 11.3 Å². The molecular weight excluding hydrogens is 461 g/mol. The molecule has 8 nitrogen and oxygen atoms in total. The molecule has 2 aromatic rings. The smallest absolute Gasteiger partial charge is 0.368 e. The Balaban J connectivity index is 1.33. The molecule has 0 spiro atoms. The summed E-state index contributed by atoms with van der Waals surface area (Å²) in [7, 11) is 0. The molecule has 1 aromatic heterocycles. The molecule has 12 heteroatoms. The number of hydrogen-bond acceptors (Lipinski definition) is 6. The minimum Gasteiger partial charge on any atom is -0.368 e. The highest BCUT2D eigenvalue weighted by atomic mass is 32.1. The molecular formula is C21H21F3N4O4S. The lowest BCUT2D eigenvalue weighted by atomic mass is 10.1. The Labute approximate surface area is 191 Å². The average molecular weight is 482 g/mol. The van der Waals surface area contributed by atoms with E-state index in [4.69, 9.17) is 4.74 Å². The van der Waals surface area contributed by atoms with Crippen molar-refractivity contribution in [2.24, 2.45) is 0 Å². The van der Waals surface area contributed by atoms with Crippen LogP contribution in [0.25, 0.3) is 0 Å². The molecule has 0 unspecified atom stereocenters. The standard InChI is InChI=1S/C21H21F3N4O4S/c22-21(23,24)14-4-1-3-13(11-14)17(29)26-20-25-15(12-33-20)18(30)27-6-8-28(9-7-27)19(31)16-5-2-10-32-16/h1,3-4,11-12,16H,2,5-10H2,(H,25,26,29)/t16-/m0/s1. The summed E-state index contributed by atoms with van der Waals surface area (Å²) < 4.78 is 44.0. The van der Waals surface area contributed by atoms with E-state index in [-0.39, 0.29) is 28.2 Å². The Hall–Kier alpha value is -2.99. The summed E-state index contributed by atoms with van der Waals surface area (Å²) in [5.41, 5.74) is -0.972. The second kappa shape index (κ2) is 9.48. The summed E-state index contributed by atoms with van der Waals surface area (Å²) >= 11 is 1.00. The van der Waals surface area contributed by atoms with Crippen LogP contribution in [0.1, 0.15) is 39.3 Å². The number of rotatable bonds is 4. The maximum Gasteiger partial charge on any atom is 0.416 e. The van der Waals surface area contributed by atoms with Crippen LogP contribution in [0.5, 0.6) is 0 Å². The average Bonchev–Trinajstić information content (AvgIpc) is 3.50. The zero-order valence-electron chi connectivity index (χ0n) is 17.4. The van der Waals surface area contributed by atoms with Gasteiger partial charge in [-0.1, -0.05) is 6.07 Å². The van der Waals surface area contributed by atoms with E-state index < -0.39 is 23.8 Å². The van der Waals surface area contributed by atoms with Crippen molar-refractivity contribution >= 4 is 34.2 Å². The van der Waals surface area contributed by atoms with Crippen LogP contribution in [-0.4, -0.2) is 71.4 Å². The Morgan fingerprint density at radius 3 is 2.52 bits per heavy atom. The van der Waals surface area contributed by atoms with Gasteiger partial charge in [-0.2, -0.15) is 13.2 Å². The molecule has 1 aromatic carbocycles. The number of benzene rings is 1. The van der Waals surface area contributed by atoms with Crippen LogP contribution < -0.4 is 5.32 Å². The fourth-order valence-electron chi connectivity index (χ4n) is 3.70. The first-order chi connectivity index (χ1) is 15.7. The predicted octanol–water partition coefficient (Wildman–Crippen LogP) is 2.88. The normalized spacial score (nSPS) is 18.9. The molecule has 176 valence electrons. The zero-order chi connectivity index (χ0) is 23.6. The van der Waals surface area contributed by atoms with E-state index >= 15 is 0 Å². The van der Waals surface area contributed by atoms with Gasteiger partial charge in [-0.3, -0.25) is 19.7 Å². The summed E-state index contributed by atoms with van der Waals surface area (Å²) in [4.78, 5) is 44.9. The minimum atomic E-state index is -4.56. The molecule has 2 fully saturated rings. The molecule has 0 aliphatic carbocycles. The number of amides is 3. The first-order valence-corrected chi connectivity index (χ1v) is 11.2. The molecule has 1 atom stereocenters. The third-order valence-electron chi connectivity index (χ3n) is 5.48. The Kier molecular flexibility index (Phi) is 6.66. The first kappa shape index (κ1) is 23.2. The number of nitrogens with zero attached hydrogens (tertiary/aromatic N) is 3. The van der Waals surface area contributed by atoms with E-state index in [2.05, 4.69) is 10.3 Å². The maximum atomic E-state index is 12.9. The minimum absolute atomic E-state index is 0.0483. The van der Waals surface area contributed by atoms with E-state index in [9.17, 15) is 27.6 Å². The van der Waals surface area contributed by atoms with E-state index in [1.54, 1.807) is 9.80 Å². The number of thiazole rings is 1. The molecule has 0 bridgehead atoms. The Morgan fingerprint density at radius 1 is 1.12 bits per heavy atom. The molecule has 0 radical (unpaired) electrons. The number of halogens is 3. The lowest BCUT2D eigenvalue weighted by Crippen LogP contribution is -2.52. The molecule has 3 amide bonds. The number of carbonyl (C=O) groups is 3. The summed E-state index contributed by atoms with van der Waals surface area (Å²) in [6.07, 6.45) is -3.37. The van der Waals surface area contributed by atoms with Crippen molar-refractivity contribution in [1.82, 2.24) is 14.8 Å². The number of aromatic nitrogens is 1. The molecule has 2 aliphatic heterocycles. The van der Waals surface area contributed by atoms with Gasteiger partial charge >= 0.3 is 6.18 Å². The fraction of sp³-hybridized carbons (Fsp3) is 0.429. The number of piperazine rings is 1. The lowest BCUT2D eigenvalue weighted by molar-refractivity contribution is -0.142. The van der Waals surface area contributed by atoms with E-state index in [0.717, 1.165) is 36.0 Å². The van der Waals surface area contributed by atoms with Crippen LogP contribution >= 0.6 is 11.3 Å². The van der Waals surface area contributed by atoms with Crippen molar-refractivity contribution in [2.75, 3.05) is 38.1 Å².